The van der Waals surface area contributed by atoms with Crippen LogP contribution in [-0.4, -0.2) is 35.9 Å². The SMILES string of the molecule is CCOC(=O)C1=C(C)N=c2sc(=Cc3cn(Cc4ccccc4Cl)c4ccccc34)c(=O)n2C1c1cc(OC)ccc1OC. The van der Waals surface area contributed by atoms with Crippen LogP contribution in [0.4, 0.5) is 0 Å². The molecular weight excluding hydrogens is 598 g/mol. The Hall–Kier alpha value is -4.60. The lowest BCUT2D eigenvalue weighted by Gasteiger charge is -2.26. The van der Waals surface area contributed by atoms with E-state index in [4.69, 9.17) is 30.8 Å². The number of nitrogens with zero attached hydrogens (tertiary/aromatic N) is 3. The first-order valence-electron chi connectivity index (χ1n) is 14.1. The molecule has 0 radical (unpaired) electrons. The van der Waals surface area contributed by atoms with Crippen LogP contribution >= 0.6 is 22.9 Å². The molecule has 0 spiro atoms. The summed E-state index contributed by atoms with van der Waals surface area (Å²) in [7, 11) is 3.11. The van der Waals surface area contributed by atoms with Crippen LogP contribution in [-0.2, 0) is 16.1 Å². The molecule has 1 aliphatic heterocycles. The number of ether oxygens (including phenoxy) is 3. The molecule has 0 fully saturated rings. The molecule has 10 heteroatoms. The number of aromatic nitrogens is 2. The standard InChI is InChI=1S/C34H30ClN3O5S/c1-5-43-33(40)30-20(2)36-34-38(31(30)25-17-23(41-3)14-15-28(25)42-4)32(39)29(44-34)16-22-19-37(27-13-9-7-11-24(22)27)18-21-10-6-8-12-26(21)35/h6-17,19,31H,5,18H2,1-4H3. The maximum Gasteiger partial charge on any atom is 0.338 e. The summed E-state index contributed by atoms with van der Waals surface area (Å²) in [5.74, 6) is 0.525. The second kappa shape index (κ2) is 12.2. The lowest BCUT2D eigenvalue weighted by atomic mass is 9.94. The number of carbonyl (C=O) groups is 1. The monoisotopic (exact) mass is 627 g/mol. The van der Waals surface area contributed by atoms with Gasteiger partial charge in [0.15, 0.2) is 4.80 Å². The highest BCUT2D eigenvalue weighted by molar-refractivity contribution is 7.07. The van der Waals surface area contributed by atoms with Gasteiger partial charge < -0.3 is 18.8 Å². The highest BCUT2D eigenvalue weighted by Crippen LogP contribution is 2.38. The smallest absolute Gasteiger partial charge is 0.338 e. The van der Waals surface area contributed by atoms with Crippen LogP contribution in [0.2, 0.25) is 5.02 Å². The fourth-order valence-electron chi connectivity index (χ4n) is 5.61. The fourth-order valence-corrected chi connectivity index (χ4v) is 6.84. The summed E-state index contributed by atoms with van der Waals surface area (Å²) in [4.78, 5) is 32.8. The third-order valence-corrected chi connectivity index (χ3v) is 9.00. The fraction of sp³-hybridized carbons (Fsp3) is 0.206. The average molecular weight is 628 g/mol. The van der Waals surface area contributed by atoms with Gasteiger partial charge in [-0.1, -0.05) is 59.3 Å². The summed E-state index contributed by atoms with van der Waals surface area (Å²) in [6.07, 6.45) is 3.92. The van der Waals surface area contributed by atoms with Crippen molar-refractivity contribution in [2.24, 2.45) is 4.99 Å². The molecule has 3 aromatic carbocycles. The van der Waals surface area contributed by atoms with E-state index >= 15 is 0 Å². The van der Waals surface area contributed by atoms with E-state index in [1.54, 1.807) is 50.8 Å². The van der Waals surface area contributed by atoms with Crippen LogP contribution in [0.5, 0.6) is 11.5 Å². The zero-order chi connectivity index (χ0) is 31.0. The first-order chi connectivity index (χ1) is 21.3. The van der Waals surface area contributed by atoms with Crippen molar-refractivity contribution in [3.05, 3.63) is 126 Å². The number of allylic oxidation sites excluding steroid dienone is 1. The number of thiazole rings is 1. The minimum absolute atomic E-state index is 0.181. The number of fused-ring (bicyclic) bond motifs is 2. The van der Waals surface area contributed by atoms with Crippen LogP contribution < -0.4 is 24.4 Å². The highest BCUT2D eigenvalue weighted by atomic mass is 35.5. The van der Waals surface area contributed by atoms with Gasteiger partial charge in [0.25, 0.3) is 5.56 Å². The van der Waals surface area contributed by atoms with Gasteiger partial charge in [0.2, 0.25) is 0 Å². The van der Waals surface area contributed by atoms with Gasteiger partial charge in [-0.05, 0) is 55.8 Å². The molecule has 44 heavy (non-hydrogen) atoms. The van der Waals surface area contributed by atoms with Gasteiger partial charge in [0, 0.05) is 39.8 Å². The Kier molecular flexibility index (Phi) is 8.16. The third-order valence-electron chi connectivity index (χ3n) is 7.65. The molecule has 1 atom stereocenters. The summed E-state index contributed by atoms with van der Waals surface area (Å²) in [6.45, 7) is 4.25. The summed E-state index contributed by atoms with van der Waals surface area (Å²) in [5.41, 5.74) is 3.96. The number of benzene rings is 3. The Morgan fingerprint density at radius 1 is 1.07 bits per heavy atom. The largest absolute Gasteiger partial charge is 0.497 e. The first kappa shape index (κ1) is 29.5. The molecule has 1 aliphatic rings. The molecule has 8 nitrogen and oxygen atoms in total. The normalized spacial score (nSPS) is 14.8. The Bertz CT molecular complexity index is 2120. The molecule has 0 bridgehead atoms. The van der Waals surface area contributed by atoms with Crippen molar-refractivity contribution in [1.82, 2.24) is 9.13 Å². The number of rotatable bonds is 8. The van der Waals surface area contributed by atoms with Crippen molar-refractivity contribution in [3.8, 4) is 11.5 Å². The van der Waals surface area contributed by atoms with E-state index in [1.165, 1.54) is 11.3 Å². The molecule has 5 aromatic rings. The molecular formula is C34H30ClN3O5S. The van der Waals surface area contributed by atoms with Gasteiger partial charge in [-0.15, -0.1) is 0 Å². The van der Waals surface area contributed by atoms with Crippen molar-refractivity contribution in [3.63, 3.8) is 0 Å². The molecule has 0 amide bonds. The zero-order valence-corrected chi connectivity index (χ0v) is 26.2. The van der Waals surface area contributed by atoms with E-state index in [0.717, 1.165) is 22.0 Å². The molecule has 224 valence electrons. The first-order valence-corrected chi connectivity index (χ1v) is 15.3. The van der Waals surface area contributed by atoms with Crippen molar-refractivity contribution in [1.29, 1.82) is 0 Å². The number of para-hydroxylation sites is 1. The molecule has 1 unspecified atom stereocenters. The molecule has 3 heterocycles. The topological polar surface area (TPSA) is 84.1 Å². The molecule has 0 N–H and O–H groups in total. The van der Waals surface area contributed by atoms with E-state index in [0.29, 0.717) is 43.7 Å². The molecule has 6 rings (SSSR count). The quantitative estimate of drug-likeness (QED) is 0.213. The Labute approximate surface area is 262 Å². The second-order valence-corrected chi connectivity index (χ2v) is 11.6. The summed E-state index contributed by atoms with van der Waals surface area (Å²) in [6, 6.07) is 20.3. The van der Waals surface area contributed by atoms with Gasteiger partial charge in [0.1, 0.15) is 17.5 Å². The van der Waals surface area contributed by atoms with Crippen LogP contribution in [0.15, 0.2) is 94.0 Å². The number of halogens is 1. The lowest BCUT2D eigenvalue weighted by molar-refractivity contribution is -0.139. The Morgan fingerprint density at radius 2 is 1.84 bits per heavy atom. The predicted octanol–water partition coefficient (Wildman–Crippen LogP) is 5.47. The lowest BCUT2D eigenvalue weighted by Crippen LogP contribution is -2.40. The second-order valence-electron chi connectivity index (χ2n) is 10.2. The Morgan fingerprint density at radius 3 is 2.59 bits per heavy atom. The number of hydrogen-bond acceptors (Lipinski definition) is 7. The minimum atomic E-state index is -0.834. The minimum Gasteiger partial charge on any atom is -0.497 e. The predicted molar refractivity (Wildman–Crippen MR) is 172 cm³/mol. The summed E-state index contributed by atoms with van der Waals surface area (Å²) in [5, 5.41) is 1.70. The molecule has 0 saturated carbocycles. The maximum absolute atomic E-state index is 14.3. The molecule has 0 aliphatic carbocycles. The highest BCUT2D eigenvalue weighted by Gasteiger charge is 2.35. The van der Waals surface area contributed by atoms with E-state index in [9.17, 15) is 9.59 Å². The van der Waals surface area contributed by atoms with Gasteiger partial charge in [0.05, 0.1) is 36.6 Å². The van der Waals surface area contributed by atoms with Crippen molar-refractivity contribution in [2.75, 3.05) is 20.8 Å². The van der Waals surface area contributed by atoms with E-state index < -0.39 is 12.0 Å². The van der Waals surface area contributed by atoms with E-state index in [-0.39, 0.29) is 17.7 Å². The van der Waals surface area contributed by atoms with Gasteiger partial charge in [-0.2, -0.15) is 0 Å². The van der Waals surface area contributed by atoms with E-state index in [1.807, 2.05) is 54.7 Å². The van der Waals surface area contributed by atoms with Crippen LogP contribution in [0, 0.1) is 0 Å². The van der Waals surface area contributed by atoms with Gasteiger partial charge in [-0.25, -0.2) is 9.79 Å². The zero-order valence-electron chi connectivity index (χ0n) is 24.7. The van der Waals surface area contributed by atoms with Gasteiger partial charge >= 0.3 is 5.97 Å². The van der Waals surface area contributed by atoms with Crippen molar-refractivity contribution < 1.29 is 19.0 Å². The number of carbonyl (C=O) groups excluding carboxylic acids is 1. The molecule has 0 saturated heterocycles. The van der Waals surface area contributed by atoms with E-state index in [2.05, 4.69) is 10.6 Å². The number of hydrogen-bond donors (Lipinski definition) is 0. The third kappa shape index (κ3) is 5.22. The van der Waals surface area contributed by atoms with Crippen LogP contribution in [0.25, 0.3) is 17.0 Å². The van der Waals surface area contributed by atoms with Crippen molar-refractivity contribution >= 4 is 45.9 Å². The molecule has 2 aromatic heterocycles. The van der Waals surface area contributed by atoms with Gasteiger partial charge in [-0.3, -0.25) is 9.36 Å². The summed E-state index contributed by atoms with van der Waals surface area (Å²) < 4.78 is 20.8. The number of esters is 1. The average Bonchev–Trinajstić information content (AvgIpc) is 3.53. The van der Waals surface area contributed by atoms with Crippen LogP contribution in [0.1, 0.15) is 36.6 Å². The number of methoxy groups -OCH3 is 2. The maximum atomic E-state index is 14.3. The summed E-state index contributed by atoms with van der Waals surface area (Å²) >= 11 is 7.76. The van der Waals surface area contributed by atoms with Crippen LogP contribution in [0.3, 0.4) is 0 Å². The Balaban J connectivity index is 1.55. The van der Waals surface area contributed by atoms with Crippen molar-refractivity contribution in [2.45, 2.75) is 26.4 Å².